The lowest BCUT2D eigenvalue weighted by molar-refractivity contribution is 0.550. The fraction of sp³-hybridized carbons (Fsp3) is 0.0820. The number of hydrogen-bond acceptors (Lipinski definition) is 1. The Kier molecular flexibility index (Phi) is 8.75. The molecule has 0 N–H and O–H groups in total. The van der Waals surface area contributed by atoms with Crippen molar-refractivity contribution in [1.29, 1.82) is 0 Å². The largest absolute Gasteiger partial charge is 0.310 e. The van der Waals surface area contributed by atoms with Gasteiger partial charge in [-0.15, -0.1) is 0 Å². The summed E-state index contributed by atoms with van der Waals surface area (Å²) in [5.74, 6) is 0. The lowest BCUT2D eigenvalue weighted by atomic mass is 9.76. The molecule has 12 rings (SSSR count). The third-order valence-electron chi connectivity index (χ3n) is 13.8. The van der Waals surface area contributed by atoms with E-state index >= 15 is 0 Å². The zero-order chi connectivity index (χ0) is 41.0. The van der Waals surface area contributed by atoms with E-state index in [1.165, 1.54) is 120 Å². The Balaban J connectivity index is 1.06. The summed E-state index contributed by atoms with van der Waals surface area (Å²) in [6.45, 7) is 0. The van der Waals surface area contributed by atoms with Crippen LogP contribution >= 0.6 is 0 Å². The van der Waals surface area contributed by atoms with Crippen molar-refractivity contribution in [2.24, 2.45) is 0 Å². The molecule has 62 heavy (non-hydrogen) atoms. The summed E-state index contributed by atoms with van der Waals surface area (Å²) in [6.07, 6.45) is 4.91. The number of benzene rings is 10. The predicted molar refractivity (Wildman–Crippen MR) is 263 cm³/mol. The number of rotatable bonds is 7. The maximum Gasteiger partial charge on any atom is 0.0540 e. The summed E-state index contributed by atoms with van der Waals surface area (Å²) in [5, 5.41) is 5.10. The highest BCUT2D eigenvalue weighted by Crippen LogP contribution is 2.58. The summed E-state index contributed by atoms with van der Waals surface area (Å²) < 4.78 is 0. The minimum atomic E-state index is 0.0574. The van der Waals surface area contributed by atoms with Crippen molar-refractivity contribution in [1.82, 2.24) is 0 Å². The molecule has 0 atom stereocenters. The minimum Gasteiger partial charge on any atom is -0.310 e. The molecule has 0 amide bonds. The van der Waals surface area contributed by atoms with Gasteiger partial charge in [0.25, 0.3) is 0 Å². The van der Waals surface area contributed by atoms with Gasteiger partial charge in [0.15, 0.2) is 0 Å². The van der Waals surface area contributed by atoms with Gasteiger partial charge < -0.3 is 4.90 Å². The molecule has 10 aromatic rings. The Morgan fingerprint density at radius 1 is 0.306 bits per heavy atom. The van der Waals surface area contributed by atoms with Gasteiger partial charge in [-0.2, -0.15) is 0 Å². The monoisotopic (exact) mass is 791 g/mol. The van der Waals surface area contributed by atoms with Crippen molar-refractivity contribution in [3.8, 4) is 55.6 Å². The predicted octanol–water partition coefficient (Wildman–Crippen LogP) is 17.0. The van der Waals surface area contributed by atoms with Gasteiger partial charge in [0, 0.05) is 22.4 Å². The Bertz CT molecular complexity index is 3300. The van der Waals surface area contributed by atoms with E-state index in [1.54, 1.807) is 0 Å². The normalized spacial score (nSPS) is 13.7. The third-order valence-corrected chi connectivity index (χ3v) is 13.8. The van der Waals surface area contributed by atoms with Crippen LogP contribution in [0.15, 0.2) is 224 Å². The highest BCUT2D eigenvalue weighted by molar-refractivity contribution is 6.14. The summed E-state index contributed by atoms with van der Waals surface area (Å²) in [5.41, 5.74) is 19.0. The first-order chi connectivity index (χ1) is 30.7. The first kappa shape index (κ1) is 36.4. The van der Waals surface area contributed by atoms with E-state index in [0.717, 1.165) is 11.4 Å². The van der Waals surface area contributed by atoms with Gasteiger partial charge in [-0.05, 0) is 132 Å². The number of anilines is 3. The Labute approximate surface area is 364 Å². The van der Waals surface area contributed by atoms with Crippen molar-refractivity contribution >= 4 is 38.6 Å². The number of para-hydroxylation sites is 1. The van der Waals surface area contributed by atoms with Gasteiger partial charge in [0.2, 0.25) is 0 Å². The van der Waals surface area contributed by atoms with Crippen molar-refractivity contribution in [3.05, 3.63) is 236 Å². The molecule has 0 saturated heterocycles. The van der Waals surface area contributed by atoms with E-state index < -0.39 is 0 Å². The van der Waals surface area contributed by atoms with Crippen LogP contribution in [-0.4, -0.2) is 0 Å². The van der Waals surface area contributed by atoms with E-state index in [4.69, 9.17) is 0 Å². The molecule has 0 unspecified atom stereocenters. The van der Waals surface area contributed by atoms with Crippen LogP contribution in [0, 0.1) is 0 Å². The number of nitrogens with zero attached hydrogens (tertiary/aromatic N) is 1. The first-order valence-corrected chi connectivity index (χ1v) is 22.1. The second kappa shape index (κ2) is 14.9. The molecular formula is C61H45N. The first-order valence-electron chi connectivity index (χ1n) is 22.1. The van der Waals surface area contributed by atoms with Crippen LogP contribution in [0.4, 0.5) is 17.1 Å². The van der Waals surface area contributed by atoms with Gasteiger partial charge >= 0.3 is 0 Å². The molecule has 0 radical (unpaired) electrons. The van der Waals surface area contributed by atoms with Crippen LogP contribution in [0.3, 0.4) is 0 Å². The molecule has 1 fully saturated rings. The minimum absolute atomic E-state index is 0.0574. The van der Waals surface area contributed by atoms with Crippen LogP contribution in [0.5, 0.6) is 0 Å². The molecule has 1 spiro atoms. The smallest absolute Gasteiger partial charge is 0.0540 e. The standard InChI is InChI=1S/C61H45N/c1-2-18-42(19-3-1)47-21-6-7-23-49(47)51-25-9-10-26-52(51)56-29-13-15-31-60(56)62(46-36-37-55-54-28-12-14-30-58(54)61(59(55)41-46)38-16-17-39-61)45-34-32-43(33-35-45)57-40-44-20-4-5-22-48(44)50-24-8-11-27-53(50)57/h1-15,18-37,40-41H,16-17,38-39H2. The van der Waals surface area contributed by atoms with Crippen molar-refractivity contribution in [3.63, 3.8) is 0 Å². The molecule has 2 aliphatic rings. The summed E-state index contributed by atoms with van der Waals surface area (Å²) >= 11 is 0. The Morgan fingerprint density at radius 3 is 1.58 bits per heavy atom. The second-order valence-electron chi connectivity index (χ2n) is 17.1. The van der Waals surface area contributed by atoms with Crippen LogP contribution in [0.1, 0.15) is 36.8 Å². The summed E-state index contributed by atoms with van der Waals surface area (Å²) in [7, 11) is 0. The SMILES string of the molecule is c1ccc(-c2ccccc2-c2ccccc2-c2ccccc2N(c2ccc(-c3cc4ccccc4c4ccccc34)cc2)c2ccc3c(c2)C2(CCCC2)c2ccccc2-3)cc1. The molecular weight excluding hydrogens is 747 g/mol. The van der Waals surface area contributed by atoms with E-state index in [-0.39, 0.29) is 5.41 Å². The number of fused-ring (bicyclic) bond motifs is 8. The van der Waals surface area contributed by atoms with Crippen LogP contribution in [0.2, 0.25) is 0 Å². The summed E-state index contributed by atoms with van der Waals surface area (Å²) in [4.78, 5) is 2.52. The molecule has 10 aromatic carbocycles. The highest BCUT2D eigenvalue weighted by atomic mass is 15.1. The molecule has 1 nitrogen and oxygen atoms in total. The van der Waals surface area contributed by atoms with E-state index in [9.17, 15) is 0 Å². The molecule has 0 heterocycles. The number of hydrogen-bond donors (Lipinski definition) is 0. The lowest BCUT2D eigenvalue weighted by Gasteiger charge is -2.31. The summed E-state index contributed by atoms with van der Waals surface area (Å²) in [6, 6.07) is 83.3. The molecule has 1 saturated carbocycles. The average Bonchev–Trinajstić information content (AvgIpc) is 3.95. The Morgan fingerprint density at radius 2 is 0.823 bits per heavy atom. The zero-order valence-corrected chi connectivity index (χ0v) is 34.6. The molecule has 1 heteroatoms. The fourth-order valence-corrected chi connectivity index (χ4v) is 11.0. The average molecular weight is 792 g/mol. The van der Waals surface area contributed by atoms with E-state index in [0.29, 0.717) is 0 Å². The van der Waals surface area contributed by atoms with Gasteiger partial charge in [0.1, 0.15) is 0 Å². The van der Waals surface area contributed by atoms with Crippen molar-refractivity contribution in [2.75, 3.05) is 4.90 Å². The van der Waals surface area contributed by atoms with Gasteiger partial charge in [0.05, 0.1) is 5.69 Å². The topological polar surface area (TPSA) is 3.24 Å². The third kappa shape index (κ3) is 5.84. The highest BCUT2D eigenvalue weighted by Gasteiger charge is 2.45. The lowest BCUT2D eigenvalue weighted by Crippen LogP contribution is -2.21. The quantitative estimate of drug-likeness (QED) is 0.145. The van der Waals surface area contributed by atoms with Crippen molar-refractivity contribution in [2.45, 2.75) is 31.1 Å². The van der Waals surface area contributed by atoms with Crippen LogP contribution in [-0.2, 0) is 5.41 Å². The molecule has 294 valence electrons. The van der Waals surface area contributed by atoms with Crippen molar-refractivity contribution < 1.29 is 0 Å². The van der Waals surface area contributed by atoms with E-state index in [2.05, 4.69) is 229 Å². The fourth-order valence-electron chi connectivity index (χ4n) is 11.0. The van der Waals surface area contributed by atoms with Gasteiger partial charge in [-0.25, -0.2) is 0 Å². The zero-order valence-electron chi connectivity index (χ0n) is 34.6. The maximum absolute atomic E-state index is 2.54. The van der Waals surface area contributed by atoms with E-state index in [1.807, 2.05) is 0 Å². The van der Waals surface area contributed by atoms with Gasteiger partial charge in [-0.1, -0.05) is 201 Å². The molecule has 0 aliphatic heterocycles. The molecule has 0 bridgehead atoms. The molecule has 2 aliphatic carbocycles. The maximum atomic E-state index is 2.54. The molecule has 0 aromatic heterocycles. The second-order valence-corrected chi connectivity index (χ2v) is 17.1. The van der Waals surface area contributed by atoms with Crippen LogP contribution in [0.25, 0.3) is 77.2 Å². The van der Waals surface area contributed by atoms with Crippen LogP contribution < -0.4 is 4.90 Å². The Hall–Kier alpha value is -7.48. The van der Waals surface area contributed by atoms with Gasteiger partial charge in [-0.3, -0.25) is 0 Å².